The van der Waals surface area contributed by atoms with E-state index in [1.807, 2.05) is 0 Å². The molecule has 7 aromatic carbocycles. The Morgan fingerprint density at radius 3 is 1.12 bits per heavy atom. The van der Waals surface area contributed by atoms with Gasteiger partial charge < -0.3 is 23.8 Å². The third-order valence-corrected chi connectivity index (χ3v) is 12.2. The van der Waals surface area contributed by atoms with Crippen LogP contribution >= 0.6 is 0 Å². The standard InChI is InChI=1S/C52H44BN5/c1-35(2)56(36(3)4)41-33-48-50-49(34-41)55-32-30-43-47(58(39-21-13-7-14-22-39)40-23-15-8-16-24-40)28-26-45(52(43)55)53(50)44-25-27-46(42-29-31-54(48)51(42)44)57(37-17-9-5-10-18-37)38-19-11-6-12-20-38/h5-36H,1-4H3. The fourth-order valence-electron chi connectivity index (χ4n) is 10.1. The molecule has 9 aromatic rings. The molecule has 2 aromatic heterocycles. The second-order valence-corrected chi connectivity index (χ2v) is 16.2. The third kappa shape index (κ3) is 5.11. The number of rotatable bonds is 9. The lowest BCUT2D eigenvalue weighted by Crippen LogP contribution is -2.59. The number of para-hydroxylation sites is 4. The van der Waals surface area contributed by atoms with Crippen LogP contribution in [0.15, 0.2) is 182 Å². The summed E-state index contributed by atoms with van der Waals surface area (Å²) in [4.78, 5) is 7.37. The molecule has 2 aliphatic heterocycles. The van der Waals surface area contributed by atoms with E-state index in [9.17, 15) is 0 Å². The van der Waals surface area contributed by atoms with Crippen LogP contribution in [0.5, 0.6) is 0 Å². The van der Waals surface area contributed by atoms with Crippen LogP contribution in [-0.2, 0) is 0 Å². The molecular weight excluding hydrogens is 705 g/mol. The van der Waals surface area contributed by atoms with E-state index in [2.05, 4.69) is 234 Å². The first-order valence-electron chi connectivity index (χ1n) is 20.5. The van der Waals surface area contributed by atoms with Gasteiger partial charge in [-0.2, -0.15) is 0 Å². The van der Waals surface area contributed by atoms with Crippen LogP contribution < -0.4 is 31.1 Å². The first-order valence-corrected chi connectivity index (χ1v) is 20.5. The zero-order valence-corrected chi connectivity index (χ0v) is 33.3. The van der Waals surface area contributed by atoms with Crippen molar-refractivity contribution in [3.05, 3.63) is 182 Å². The molecule has 0 atom stereocenters. The summed E-state index contributed by atoms with van der Waals surface area (Å²) in [6, 6.07) is 62.8. The van der Waals surface area contributed by atoms with E-state index in [1.54, 1.807) is 0 Å². The Kier molecular flexibility index (Phi) is 7.90. The highest BCUT2D eigenvalue weighted by molar-refractivity contribution is 7.00. The molecule has 11 rings (SSSR count). The van der Waals surface area contributed by atoms with Gasteiger partial charge in [-0.25, -0.2) is 0 Å². The van der Waals surface area contributed by atoms with Gasteiger partial charge in [-0.15, -0.1) is 0 Å². The molecule has 0 amide bonds. The van der Waals surface area contributed by atoms with Crippen LogP contribution in [0.4, 0.5) is 39.8 Å². The second kappa shape index (κ2) is 13.3. The number of hydrogen-bond donors (Lipinski definition) is 0. The van der Waals surface area contributed by atoms with Gasteiger partial charge in [0, 0.05) is 75.1 Å². The maximum Gasteiger partial charge on any atom is 0.252 e. The first kappa shape index (κ1) is 34.3. The van der Waals surface area contributed by atoms with Crippen LogP contribution in [0.3, 0.4) is 0 Å². The van der Waals surface area contributed by atoms with Crippen molar-refractivity contribution >= 4 is 84.7 Å². The van der Waals surface area contributed by atoms with Gasteiger partial charge in [-0.1, -0.05) is 84.9 Å². The number of nitrogens with zero attached hydrogens (tertiary/aromatic N) is 5. The summed E-state index contributed by atoms with van der Waals surface area (Å²) in [5.74, 6) is 0. The highest BCUT2D eigenvalue weighted by Crippen LogP contribution is 2.44. The fourth-order valence-corrected chi connectivity index (χ4v) is 10.1. The lowest BCUT2D eigenvalue weighted by molar-refractivity contribution is 0.608. The summed E-state index contributed by atoms with van der Waals surface area (Å²) in [6.45, 7) is 9.28. The van der Waals surface area contributed by atoms with Crippen LogP contribution in [0, 0.1) is 0 Å². The van der Waals surface area contributed by atoms with E-state index < -0.39 is 0 Å². The lowest BCUT2D eigenvalue weighted by Gasteiger charge is -2.38. The quantitative estimate of drug-likeness (QED) is 0.137. The Hall–Kier alpha value is -6.92. The predicted octanol–water partition coefficient (Wildman–Crippen LogP) is 11.3. The molecule has 5 nitrogen and oxygen atoms in total. The minimum atomic E-state index is 0.0484. The molecule has 280 valence electrons. The first-order chi connectivity index (χ1) is 28.5. The van der Waals surface area contributed by atoms with E-state index in [0.717, 1.165) is 22.7 Å². The van der Waals surface area contributed by atoms with Gasteiger partial charge in [0.05, 0.1) is 22.4 Å². The van der Waals surface area contributed by atoms with Gasteiger partial charge >= 0.3 is 0 Å². The summed E-state index contributed by atoms with van der Waals surface area (Å²) in [6.07, 6.45) is 4.61. The molecule has 0 fully saturated rings. The molecule has 2 aliphatic rings. The third-order valence-electron chi connectivity index (χ3n) is 12.2. The number of benzene rings is 7. The summed E-state index contributed by atoms with van der Waals surface area (Å²) in [7, 11) is 0. The van der Waals surface area contributed by atoms with Gasteiger partial charge in [0.25, 0.3) is 6.71 Å². The Morgan fingerprint density at radius 1 is 0.414 bits per heavy atom. The normalized spacial score (nSPS) is 12.4. The summed E-state index contributed by atoms with van der Waals surface area (Å²) in [5.41, 5.74) is 17.2. The highest BCUT2D eigenvalue weighted by atomic mass is 15.2. The molecule has 6 heteroatoms. The Balaban J connectivity index is 1.20. The van der Waals surface area contributed by atoms with Crippen molar-refractivity contribution in [1.29, 1.82) is 0 Å². The van der Waals surface area contributed by atoms with Crippen molar-refractivity contribution < 1.29 is 0 Å². The molecule has 0 aliphatic carbocycles. The number of hydrogen-bond acceptors (Lipinski definition) is 3. The predicted molar refractivity (Wildman–Crippen MR) is 247 cm³/mol. The molecule has 0 bridgehead atoms. The van der Waals surface area contributed by atoms with Crippen molar-refractivity contribution in [3.8, 4) is 11.4 Å². The fraction of sp³-hybridized carbons (Fsp3) is 0.115. The Bertz CT molecular complexity index is 2690. The van der Waals surface area contributed by atoms with E-state index in [4.69, 9.17) is 0 Å². The van der Waals surface area contributed by atoms with E-state index in [1.165, 1.54) is 66.6 Å². The minimum Gasteiger partial charge on any atom is -0.367 e. The molecule has 0 saturated heterocycles. The summed E-state index contributed by atoms with van der Waals surface area (Å²) < 4.78 is 4.96. The van der Waals surface area contributed by atoms with E-state index >= 15 is 0 Å². The van der Waals surface area contributed by atoms with Crippen LogP contribution in [0.2, 0.25) is 0 Å². The largest absolute Gasteiger partial charge is 0.367 e. The average molecular weight is 750 g/mol. The van der Waals surface area contributed by atoms with Crippen molar-refractivity contribution in [1.82, 2.24) is 9.13 Å². The Morgan fingerprint density at radius 2 is 0.776 bits per heavy atom. The van der Waals surface area contributed by atoms with Gasteiger partial charge in [0.2, 0.25) is 0 Å². The molecule has 0 spiro atoms. The zero-order valence-electron chi connectivity index (χ0n) is 33.3. The molecular formula is C52H44BN5. The smallest absolute Gasteiger partial charge is 0.252 e. The molecule has 0 unspecified atom stereocenters. The zero-order chi connectivity index (χ0) is 39.1. The van der Waals surface area contributed by atoms with Crippen molar-refractivity contribution in [2.75, 3.05) is 14.7 Å². The molecule has 0 radical (unpaired) electrons. The average Bonchev–Trinajstić information content (AvgIpc) is 3.91. The summed E-state index contributed by atoms with van der Waals surface area (Å²) in [5, 5.41) is 2.47. The van der Waals surface area contributed by atoms with Crippen LogP contribution in [0.25, 0.3) is 33.2 Å². The van der Waals surface area contributed by atoms with Crippen molar-refractivity contribution in [3.63, 3.8) is 0 Å². The second-order valence-electron chi connectivity index (χ2n) is 16.2. The SMILES string of the molecule is CC(C)N(c1cc2c3c(c1)-n1ccc4c(N(c5ccccc5)c5ccccc5)ccc(c41)B3c1ccc(N(c3ccccc3)c3ccccc3)c3ccn-2c13)C(C)C. The number of aromatic nitrogens is 2. The molecule has 0 N–H and O–H groups in total. The maximum absolute atomic E-state index is 2.56. The van der Waals surface area contributed by atoms with Crippen molar-refractivity contribution in [2.24, 2.45) is 0 Å². The topological polar surface area (TPSA) is 19.6 Å². The van der Waals surface area contributed by atoms with Crippen LogP contribution in [0.1, 0.15) is 27.7 Å². The van der Waals surface area contributed by atoms with Gasteiger partial charge in [0.15, 0.2) is 0 Å². The van der Waals surface area contributed by atoms with Gasteiger partial charge in [0.1, 0.15) is 0 Å². The van der Waals surface area contributed by atoms with Crippen molar-refractivity contribution in [2.45, 2.75) is 39.8 Å². The number of anilines is 7. The minimum absolute atomic E-state index is 0.0484. The highest BCUT2D eigenvalue weighted by Gasteiger charge is 2.41. The van der Waals surface area contributed by atoms with Gasteiger partial charge in [-0.05, 0) is 129 Å². The molecule has 58 heavy (non-hydrogen) atoms. The van der Waals surface area contributed by atoms with E-state index in [-0.39, 0.29) is 6.71 Å². The van der Waals surface area contributed by atoms with Gasteiger partial charge in [-0.3, -0.25) is 0 Å². The maximum atomic E-state index is 2.56. The lowest BCUT2D eigenvalue weighted by atomic mass is 9.34. The molecule has 4 heterocycles. The number of fused-ring (bicyclic) bond motifs is 4. The van der Waals surface area contributed by atoms with Crippen LogP contribution in [-0.4, -0.2) is 27.9 Å². The monoisotopic (exact) mass is 749 g/mol. The molecule has 0 saturated carbocycles. The van der Waals surface area contributed by atoms with E-state index in [0.29, 0.717) is 12.1 Å². The Labute approximate surface area is 340 Å². The summed E-state index contributed by atoms with van der Waals surface area (Å²) >= 11 is 0.